The Morgan fingerprint density at radius 2 is 2.40 bits per heavy atom. The molecule has 2 fully saturated rings. The second-order valence-electron chi connectivity index (χ2n) is 4.92. The molecule has 0 spiro atoms. The minimum Gasteiger partial charge on any atom is -0.375 e. The highest BCUT2D eigenvalue weighted by Gasteiger charge is 2.50. The number of fused-ring (bicyclic) bond motifs is 2. The van der Waals surface area contributed by atoms with Gasteiger partial charge in [0.15, 0.2) is 5.78 Å². The van der Waals surface area contributed by atoms with Crippen LogP contribution < -0.4 is 0 Å². The number of unbranched alkanes of at least 4 members (excludes halogenated alkanes) is 1. The number of carbonyl (C=O) groups excluding carboxylic acids is 1. The van der Waals surface area contributed by atoms with Crippen LogP contribution in [0.5, 0.6) is 0 Å². The van der Waals surface area contributed by atoms with Crippen molar-refractivity contribution in [1.82, 2.24) is 0 Å². The first-order valence-corrected chi connectivity index (χ1v) is 5.97. The maximum atomic E-state index is 11.6. The van der Waals surface area contributed by atoms with Crippen LogP contribution in [0.1, 0.15) is 46.0 Å². The van der Waals surface area contributed by atoms with Crippen LogP contribution >= 0.6 is 0 Å². The molecule has 0 aliphatic carbocycles. The Labute approximate surface area is 91.1 Å². The molecule has 15 heavy (non-hydrogen) atoms. The predicted molar refractivity (Wildman–Crippen MR) is 56.8 cm³/mol. The fraction of sp³-hybridized carbons (Fsp3) is 0.917. The average Bonchev–Trinajstić information content (AvgIpc) is 2.48. The van der Waals surface area contributed by atoms with E-state index in [1.165, 1.54) is 0 Å². The van der Waals surface area contributed by atoms with Crippen LogP contribution in [0.3, 0.4) is 0 Å². The molecule has 3 atom stereocenters. The van der Waals surface area contributed by atoms with E-state index < -0.39 is 0 Å². The van der Waals surface area contributed by atoms with Gasteiger partial charge in [-0.15, -0.1) is 0 Å². The van der Waals surface area contributed by atoms with Crippen LogP contribution in [-0.4, -0.2) is 30.2 Å². The summed E-state index contributed by atoms with van der Waals surface area (Å²) < 4.78 is 11.5. The van der Waals surface area contributed by atoms with Crippen LogP contribution in [0.2, 0.25) is 0 Å². The maximum Gasteiger partial charge on any atom is 0.164 e. The second kappa shape index (κ2) is 4.22. The molecular formula is C12H20O3. The zero-order chi connectivity index (χ0) is 10.9. The molecule has 2 saturated heterocycles. The van der Waals surface area contributed by atoms with Gasteiger partial charge in [-0.1, -0.05) is 13.3 Å². The van der Waals surface area contributed by atoms with Crippen molar-refractivity contribution in [1.29, 1.82) is 0 Å². The van der Waals surface area contributed by atoms with Crippen LogP contribution in [0.25, 0.3) is 0 Å². The first-order valence-electron chi connectivity index (χ1n) is 5.97. The van der Waals surface area contributed by atoms with Crippen molar-refractivity contribution < 1.29 is 14.3 Å². The second-order valence-corrected chi connectivity index (χ2v) is 4.92. The van der Waals surface area contributed by atoms with Crippen molar-refractivity contribution in [2.45, 2.75) is 63.8 Å². The van der Waals surface area contributed by atoms with E-state index in [9.17, 15) is 4.79 Å². The predicted octanol–water partition coefficient (Wildman–Crippen LogP) is 2.08. The minimum atomic E-state index is -0.277. The van der Waals surface area contributed by atoms with Gasteiger partial charge < -0.3 is 9.47 Å². The molecule has 0 aromatic heterocycles. The Hall–Kier alpha value is -0.410. The molecule has 86 valence electrons. The van der Waals surface area contributed by atoms with Crippen molar-refractivity contribution >= 4 is 5.78 Å². The Morgan fingerprint density at radius 3 is 3.13 bits per heavy atom. The summed E-state index contributed by atoms with van der Waals surface area (Å²) in [5, 5.41) is 0. The summed E-state index contributed by atoms with van der Waals surface area (Å²) in [5.74, 6) is 0.228. The van der Waals surface area contributed by atoms with Gasteiger partial charge in [-0.3, -0.25) is 4.79 Å². The minimum absolute atomic E-state index is 0.0107. The van der Waals surface area contributed by atoms with Crippen LogP contribution in [0.15, 0.2) is 0 Å². The zero-order valence-corrected chi connectivity index (χ0v) is 9.62. The highest BCUT2D eigenvalue weighted by atomic mass is 16.6. The molecule has 2 aliphatic rings. The van der Waals surface area contributed by atoms with Crippen molar-refractivity contribution in [2.24, 2.45) is 0 Å². The zero-order valence-electron chi connectivity index (χ0n) is 9.62. The van der Waals surface area contributed by atoms with Gasteiger partial charge in [0.25, 0.3) is 0 Å². The quantitative estimate of drug-likeness (QED) is 0.669. The standard InChI is InChI=1S/C12H20O3/c1-3-4-7-14-10-8-12(2)6-5-9(13)11(10)15-12/h10-11H,3-8H2,1-2H3/t10-,11+,12-/m1/s1. The number of ketones is 1. The number of rotatable bonds is 4. The van der Waals surface area contributed by atoms with E-state index in [1.807, 2.05) is 0 Å². The summed E-state index contributed by atoms with van der Waals surface area (Å²) in [6, 6.07) is 0. The van der Waals surface area contributed by atoms with Gasteiger partial charge in [-0.05, 0) is 19.8 Å². The van der Waals surface area contributed by atoms with Crippen molar-refractivity contribution in [3.63, 3.8) is 0 Å². The number of ether oxygens (including phenoxy) is 2. The Morgan fingerprint density at radius 1 is 1.60 bits per heavy atom. The van der Waals surface area contributed by atoms with E-state index >= 15 is 0 Å². The number of Topliss-reactive ketones (excluding diaryl/α,β-unsaturated/α-hetero) is 1. The van der Waals surface area contributed by atoms with E-state index in [0.717, 1.165) is 32.3 Å². The molecule has 0 saturated carbocycles. The summed E-state index contributed by atoms with van der Waals surface area (Å²) in [6.07, 6.45) is 4.33. The van der Waals surface area contributed by atoms with Crippen molar-refractivity contribution in [3.05, 3.63) is 0 Å². The van der Waals surface area contributed by atoms with Gasteiger partial charge in [0.1, 0.15) is 6.10 Å². The van der Waals surface area contributed by atoms with Gasteiger partial charge in [0.2, 0.25) is 0 Å². The van der Waals surface area contributed by atoms with E-state index in [0.29, 0.717) is 6.42 Å². The van der Waals surface area contributed by atoms with Gasteiger partial charge in [-0.25, -0.2) is 0 Å². The summed E-state index contributed by atoms with van der Waals surface area (Å²) in [5.41, 5.74) is -0.102. The normalized spacial score (nSPS) is 39.7. The lowest BCUT2D eigenvalue weighted by molar-refractivity contribution is -0.148. The summed E-state index contributed by atoms with van der Waals surface area (Å²) in [6.45, 7) is 4.99. The SMILES string of the molecule is CCCCO[C@@H]1C[C@@]2(C)CCC(=O)[C@@H]1O2. The molecule has 0 aromatic rings. The lowest BCUT2D eigenvalue weighted by Gasteiger charge is -2.28. The van der Waals surface area contributed by atoms with E-state index in [-0.39, 0.29) is 23.6 Å². The lowest BCUT2D eigenvalue weighted by Crippen LogP contribution is -2.37. The average molecular weight is 212 g/mol. The fourth-order valence-electron chi connectivity index (χ4n) is 2.45. The third-order valence-corrected chi connectivity index (χ3v) is 3.43. The Kier molecular flexibility index (Phi) is 3.12. The maximum absolute atomic E-state index is 11.6. The Balaban J connectivity index is 1.93. The highest BCUT2D eigenvalue weighted by molar-refractivity contribution is 5.85. The molecule has 0 N–H and O–H groups in total. The van der Waals surface area contributed by atoms with Crippen molar-refractivity contribution in [2.75, 3.05) is 6.61 Å². The molecular weight excluding hydrogens is 192 g/mol. The fourth-order valence-corrected chi connectivity index (χ4v) is 2.45. The van der Waals surface area contributed by atoms with Gasteiger partial charge in [0, 0.05) is 19.4 Å². The van der Waals surface area contributed by atoms with Gasteiger partial charge in [-0.2, -0.15) is 0 Å². The molecule has 2 bridgehead atoms. The molecule has 0 aromatic carbocycles. The van der Waals surface area contributed by atoms with Gasteiger partial charge in [0.05, 0.1) is 11.7 Å². The monoisotopic (exact) mass is 212 g/mol. The highest BCUT2D eigenvalue weighted by Crippen LogP contribution is 2.40. The molecule has 3 nitrogen and oxygen atoms in total. The number of hydrogen-bond donors (Lipinski definition) is 0. The van der Waals surface area contributed by atoms with Gasteiger partial charge >= 0.3 is 0 Å². The summed E-state index contributed by atoms with van der Waals surface area (Å²) >= 11 is 0. The van der Waals surface area contributed by atoms with Crippen LogP contribution in [0.4, 0.5) is 0 Å². The third-order valence-electron chi connectivity index (χ3n) is 3.43. The molecule has 3 heteroatoms. The lowest BCUT2D eigenvalue weighted by atomic mass is 9.97. The first-order chi connectivity index (χ1) is 7.14. The van der Waals surface area contributed by atoms with E-state index in [2.05, 4.69) is 13.8 Å². The summed E-state index contributed by atoms with van der Waals surface area (Å²) in [4.78, 5) is 11.6. The first kappa shape index (κ1) is 11.1. The largest absolute Gasteiger partial charge is 0.375 e. The number of carbonyl (C=O) groups is 1. The Bertz CT molecular complexity index is 251. The van der Waals surface area contributed by atoms with E-state index in [4.69, 9.17) is 9.47 Å². The smallest absolute Gasteiger partial charge is 0.164 e. The third kappa shape index (κ3) is 2.23. The molecule has 0 amide bonds. The molecule has 2 rings (SSSR count). The van der Waals surface area contributed by atoms with Crippen molar-refractivity contribution in [3.8, 4) is 0 Å². The molecule has 2 heterocycles. The molecule has 2 aliphatic heterocycles. The number of hydrogen-bond acceptors (Lipinski definition) is 3. The topological polar surface area (TPSA) is 35.5 Å². The van der Waals surface area contributed by atoms with Crippen LogP contribution in [-0.2, 0) is 14.3 Å². The molecule has 0 unspecified atom stereocenters. The van der Waals surface area contributed by atoms with Crippen LogP contribution in [0, 0.1) is 0 Å². The molecule has 0 radical (unpaired) electrons. The summed E-state index contributed by atoms with van der Waals surface area (Å²) in [7, 11) is 0. The van der Waals surface area contributed by atoms with E-state index in [1.54, 1.807) is 0 Å².